The van der Waals surface area contributed by atoms with E-state index in [1.54, 1.807) is 0 Å². The summed E-state index contributed by atoms with van der Waals surface area (Å²) in [5.74, 6) is 2.76. The Morgan fingerprint density at radius 2 is 2.00 bits per heavy atom. The topological polar surface area (TPSA) is 76.8 Å². The van der Waals surface area contributed by atoms with Crippen LogP contribution in [0.15, 0.2) is 24.3 Å². The summed E-state index contributed by atoms with van der Waals surface area (Å²) in [6.45, 7) is 5.19. The van der Waals surface area contributed by atoms with Crippen LogP contribution in [-0.4, -0.2) is 28.3 Å². The van der Waals surface area contributed by atoms with E-state index in [4.69, 9.17) is 10.5 Å². The van der Waals surface area contributed by atoms with Gasteiger partial charge in [0, 0.05) is 18.0 Å². The van der Waals surface area contributed by atoms with Gasteiger partial charge in [-0.3, -0.25) is 5.10 Å². The zero-order valence-corrected chi connectivity index (χ0v) is 10.7. The van der Waals surface area contributed by atoms with E-state index >= 15 is 0 Å². The largest absolute Gasteiger partial charge is 0.492 e. The summed E-state index contributed by atoms with van der Waals surface area (Å²) in [5.41, 5.74) is 6.35. The highest BCUT2D eigenvalue weighted by Crippen LogP contribution is 2.20. The smallest absolute Gasteiger partial charge is 0.181 e. The van der Waals surface area contributed by atoms with E-state index in [-0.39, 0.29) is 0 Å². The van der Waals surface area contributed by atoms with Gasteiger partial charge in [-0.1, -0.05) is 13.8 Å². The molecule has 2 rings (SSSR count). The minimum atomic E-state index is 0.346. The highest BCUT2D eigenvalue weighted by Gasteiger charge is 2.08. The lowest BCUT2D eigenvalue weighted by Crippen LogP contribution is -2.10. The lowest BCUT2D eigenvalue weighted by atomic mass is 10.2. The number of ether oxygens (including phenoxy) is 1. The Morgan fingerprint density at radius 3 is 2.56 bits per heavy atom. The predicted molar refractivity (Wildman–Crippen MR) is 70.5 cm³/mol. The summed E-state index contributed by atoms with van der Waals surface area (Å²) in [7, 11) is 0. The fourth-order valence-corrected chi connectivity index (χ4v) is 1.54. The summed E-state index contributed by atoms with van der Waals surface area (Å²) in [6.07, 6.45) is 0. The molecule has 96 valence electrons. The molecule has 0 unspecified atom stereocenters. The molecule has 0 aliphatic rings. The lowest BCUT2D eigenvalue weighted by molar-refractivity contribution is 0.328. The predicted octanol–water partition coefficient (Wildman–Crippen LogP) is 1.93. The third-order valence-electron chi connectivity index (χ3n) is 2.55. The normalized spacial score (nSPS) is 10.9. The fraction of sp³-hybridized carbons (Fsp3) is 0.385. The minimum Gasteiger partial charge on any atom is -0.492 e. The third kappa shape index (κ3) is 2.87. The minimum absolute atomic E-state index is 0.346. The Bertz CT molecular complexity index is 490. The zero-order valence-electron chi connectivity index (χ0n) is 10.7. The molecule has 0 aliphatic carbocycles. The maximum Gasteiger partial charge on any atom is 0.181 e. The van der Waals surface area contributed by atoms with Gasteiger partial charge in [-0.25, -0.2) is 4.98 Å². The molecule has 18 heavy (non-hydrogen) atoms. The maximum atomic E-state index is 5.42. The first-order chi connectivity index (χ1) is 8.70. The molecule has 5 nitrogen and oxygen atoms in total. The van der Waals surface area contributed by atoms with Crippen LogP contribution in [0.4, 0.5) is 0 Å². The Morgan fingerprint density at radius 1 is 1.28 bits per heavy atom. The second kappa shape index (κ2) is 5.64. The molecule has 0 atom stereocenters. The number of H-pyrrole nitrogens is 1. The quantitative estimate of drug-likeness (QED) is 0.845. The summed E-state index contributed by atoms with van der Waals surface area (Å²) < 4.78 is 5.42. The van der Waals surface area contributed by atoms with Gasteiger partial charge >= 0.3 is 0 Å². The van der Waals surface area contributed by atoms with Crippen molar-refractivity contribution < 1.29 is 4.74 Å². The molecule has 0 bridgehead atoms. The van der Waals surface area contributed by atoms with Crippen molar-refractivity contribution in [2.75, 3.05) is 13.2 Å². The number of hydrogen-bond donors (Lipinski definition) is 2. The van der Waals surface area contributed by atoms with E-state index in [2.05, 4.69) is 29.0 Å². The molecule has 1 aromatic carbocycles. The van der Waals surface area contributed by atoms with Crippen LogP contribution >= 0.6 is 0 Å². The van der Waals surface area contributed by atoms with Gasteiger partial charge in [-0.15, -0.1) is 0 Å². The SMILES string of the molecule is CC(C)c1nc(-c2ccc(OCCN)cc2)n[nH]1. The second-order valence-electron chi connectivity index (χ2n) is 4.36. The Balaban J connectivity index is 2.12. The number of nitrogens with zero attached hydrogens (tertiary/aromatic N) is 2. The van der Waals surface area contributed by atoms with Crippen molar-refractivity contribution in [3.63, 3.8) is 0 Å². The molecule has 0 amide bonds. The molecule has 0 saturated carbocycles. The summed E-state index contributed by atoms with van der Waals surface area (Å²) in [6, 6.07) is 7.69. The highest BCUT2D eigenvalue weighted by molar-refractivity contribution is 5.55. The van der Waals surface area contributed by atoms with Crippen LogP contribution < -0.4 is 10.5 Å². The lowest BCUT2D eigenvalue weighted by Gasteiger charge is -2.04. The van der Waals surface area contributed by atoms with Crippen LogP contribution in [0.25, 0.3) is 11.4 Å². The highest BCUT2D eigenvalue weighted by atomic mass is 16.5. The van der Waals surface area contributed by atoms with Crippen molar-refractivity contribution in [3.05, 3.63) is 30.1 Å². The van der Waals surface area contributed by atoms with Crippen molar-refractivity contribution >= 4 is 0 Å². The second-order valence-corrected chi connectivity index (χ2v) is 4.36. The van der Waals surface area contributed by atoms with Crippen LogP contribution in [-0.2, 0) is 0 Å². The van der Waals surface area contributed by atoms with E-state index in [0.29, 0.717) is 24.9 Å². The van der Waals surface area contributed by atoms with Crippen molar-refractivity contribution in [1.82, 2.24) is 15.2 Å². The van der Waals surface area contributed by atoms with Gasteiger partial charge in [0.25, 0.3) is 0 Å². The van der Waals surface area contributed by atoms with Gasteiger partial charge in [-0.05, 0) is 24.3 Å². The summed E-state index contributed by atoms with van der Waals surface area (Å²) in [4.78, 5) is 4.44. The van der Waals surface area contributed by atoms with Crippen LogP contribution in [0.5, 0.6) is 5.75 Å². The van der Waals surface area contributed by atoms with Crippen molar-refractivity contribution in [1.29, 1.82) is 0 Å². The van der Waals surface area contributed by atoms with Crippen molar-refractivity contribution in [3.8, 4) is 17.1 Å². The molecule has 0 aliphatic heterocycles. The number of rotatable bonds is 5. The molecule has 0 radical (unpaired) electrons. The molecular weight excluding hydrogens is 228 g/mol. The van der Waals surface area contributed by atoms with E-state index in [9.17, 15) is 0 Å². The van der Waals surface area contributed by atoms with Gasteiger partial charge < -0.3 is 10.5 Å². The average Bonchev–Trinajstić information content (AvgIpc) is 2.87. The van der Waals surface area contributed by atoms with Crippen LogP contribution in [0.2, 0.25) is 0 Å². The number of aromatic amines is 1. The molecule has 0 fully saturated rings. The van der Waals surface area contributed by atoms with Crippen molar-refractivity contribution in [2.24, 2.45) is 5.73 Å². The molecule has 1 aromatic heterocycles. The molecular formula is C13H18N4O. The fourth-order valence-electron chi connectivity index (χ4n) is 1.54. The van der Waals surface area contributed by atoms with E-state index in [1.165, 1.54) is 0 Å². The molecule has 0 saturated heterocycles. The average molecular weight is 246 g/mol. The summed E-state index contributed by atoms with van der Waals surface area (Å²) in [5, 5.41) is 7.15. The van der Waals surface area contributed by atoms with Gasteiger partial charge in [0.15, 0.2) is 5.82 Å². The summed E-state index contributed by atoms with van der Waals surface area (Å²) >= 11 is 0. The van der Waals surface area contributed by atoms with Crippen LogP contribution in [0.3, 0.4) is 0 Å². The van der Waals surface area contributed by atoms with Gasteiger partial charge in [0.05, 0.1) is 0 Å². The molecule has 1 heterocycles. The first-order valence-electron chi connectivity index (χ1n) is 6.06. The van der Waals surface area contributed by atoms with Crippen LogP contribution in [0.1, 0.15) is 25.6 Å². The number of benzene rings is 1. The Labute approximate surface area is 106 Å². The number of hydrogen-bond acceptors (Lipinski definition) is 4. The van der Waals surface area contributed by atoms with Gasteiger partial charge in [-0.2, -0.15) is 5.10 Å². The number of nitrogens with two attached hydrogens (primary N) is 1. The van der Waals surface area contributed by atoms with E-state index in [0.717, 1.165) is 17.1 Å². The molecule has 0 spiro atoms. The van der Waals surface area contributed by atoms with Gasteiger partial charge in [0.1, 0.15) is 18.2 Å². The van der Waals surface area contributed by atoms with E-state index < -0.39 is 0 Å². The Kier molecular flexibility index (Phi) is 3.94. The molecule has 3 N–H and O–H groups in total. The molecule has 2 aromatic rings. The van der Waals surface area contributed by atoms with E-state index in [1.807, 2.05) is 24.3 Å². The van der Waals surface area contributed by atoms with Gasteiger partial charge in [0.2, 0.25) is 0 Å². The molecule has 5 heteroatoms. The van der Waals surface area contributed by atoms with Crippen LogP contribution in [0, 0.1) is 0 Å². The first kappa shape index (κ1) is 12.6. The standard InChI is InChI=1S/C13H18N4O/c1-9(2)12-15-13(17-16-12)10-3-5-11(6-4-10)18-8-7-14/h3-6,9H,7-8,14H2,1-2H3,(H,15,16,17). The maximum absolute atomic E-state index is 5.42. The Hall–Kier alpha value is -1.88. The number of aromatic nitrogens is 3. The third-order valence-corrected chi connectivity index (χ3v) is 2.55. The monoisotopic (exact) mass is 246 g/mol. The first-order valence-corrected chi connectivity index (χ1v) is 6.06. The van der Waals surface area contributed by atoms with Crippen molar-refractivity contribution in [2.45, 2.75) is 19.8 Å². The number of nitrogens with one attached hydrogen (secondary N) is 1. The zero-order chi connectivity index (χ0) is 13.0.